The van der Waals surface area contributed by atoms with Gasteiger partial charge in [-0.15, -0.1) is 24.0 Å². The lowest BCUT2D eigenvalue weighted by Crippen LogP contribution is -2.50. The molecular weight excluding hydrogens is 525 g/mol. The lowest BCUT2D eigenvalue weighted by molar-refractivity contribution is 0.306. The van der Waals surface area contributed by atoms with Crippen LogP contribution in [0.5, 0.6) is 0 Å². The predicted octanol–water partition coefficient (Wildman–Crippen LogP) is 3.45. The third-order valence-corrected chi connectivity index (χ3v) is 7.09. The van der Waals surface area contributed by atoms with Crippen LogP contribution in [0.3, 0.4) is 0 Å². The van der Waals surface area contributed by atoms with Crippen molar-refractivity contribution in [2.75, 3.05) is 31.9 Å². The molecule has 0 saturated carbocycles. The highest BCUT2D eigenvalue weighted by Crippen LogP contribution is 2.20. The average molecular weight is 558 g/mol. The van der Waals surface area contributed by atoms with Gasteiger partial charge in [0.2, 0.25) is 10.0 Å². The molecule has 1 fully saturated rings. The van der Waals surface area contributed by atoms with Crippen LogP contribution >= 0.6 is 24.0 Å². The molecule has 1 aromatic carbocycles. The van der Waals surface area contributed by atoms with E-state index in [0.29, 0.717) is 57.0 Å². The van der Waals surface area contributed by atoms with Gasteiger partial charge in [-0.3, -0.25) is 4.99 Å². The molecule has 0 spiro atoms. The average Bonchev–Trinajstić information content (AvgIpc) is 2.66. The molecule has 2 rings (SSSR count). The number of guanidine groups is 1. The maximum Gasteiger partial charge on any atom is 0.214 e. The van der Waals surface area contributed by atoms with Gasteiger partial charge in [0.25, 0.3) is 0 Å². The first-order chi connectivity index (χ1) is 13.8. The normalized spacial score (nSPS) is 17.3. The lowest BCUT2D eigenvalue weighted by atomic mass is 10.0. The van der Waals surface area contributed by atoms with E-state index < -0.39 is 21.7 Å². The predicted molar refractivity (Wildman–Crippen MR) is 128 cm³/mol. The van der Waals surface area contributed by atoms with Crippen LogP contribution in [0, 0.1) is 11.6 Å². The number of rotatable bonds is 8. The minimum Gasteiger partial charge on any atom is -0.357 e. The van der Waals surface area contributed by atoms with Crippen LogP contribution in [0.25, 0.3) is 0 Å². The standard InChI is InChI=1S/C20H32F2N4O2S.HI/c1-4-12-29(27,28)26-10-8-17(9-11-26)25-20(23-5-2)24-14-15(3)18-7-6-16(21)13-19(18)22;/h6-7,13,15,17H,4-5,8-12,14H2,1-3H3,(H2,23,24,25);1H. The fourth-order valence-electron chi connectivity index (χ4n) is 3.41. The van der Waals surface area contributed by atoms with Crippen molar-refractivity contribution in [1.82, 2.24) is 14.9 Å². The molecule has 1 atom stereocenters. The second-order valence-electron chi connectivity index (χ2n) is 7.42. The molecule has 172 valence electrons. The van der Waals surface area contributed by atoms with Crippen molar-refractivity contribution < 1.29 is 17.2 Å². The zero-order valence-electron chi connectivity index (χ0n) is 17.8. The first-order valence-corrected chi connectivity index (χ1v) is 11.8. The van der Waals surface area contributed by atoms with Gasteiger partial charge in [0.1, 0.15) is 11.6 Å². The van der Waals surface area contributed by atoms with E-state index in [9.17, 15) is 17.2 Å². The summed E-state index contributed by atoms with van der Waals surface area (Å²) < 4.78 is 53.0. The molecule has 0 bridgehead atoms. The molecule has 1 saturated heterocycles. The molecule has 2 N–H and O–H groups in total. The van der Waals surface area contributed by atoms with Crippen molar-refractivity contribution in [2.24, 2.45) is 4.99 Å². The van der Waals surface area contributed by atoms with Gasteiger partial charge in [0, 0.05) is 44.2 Å². The molecule has 1 aromatic rings. The summed E-state index contributed by atoms with van der Waals surface area (Å²) in [6, 6.07) is 3.72. The largest absolute Gasteiger partial charge is 0.357 e. The van der Waals surface area contributed by atoms with E-state index in [1.807, 2.05) is 20.8 Å². The molecule has 0 amide bonds. The molecular formula is C20H33F2IN4O2S. The number of piperidine rings is 1. The number of hydrogen-bond acceptors (Lipinski definition) is 3. The smallest absolute Gasteiger partial charge is 0.214 e. The molecule has 10 heteroatoms. The van der Waals surface area contributed by atoms with Crippen LogP contribution in [0.2, 0.25) is 0 Å². The highest BCUT2D eigenvalue weighted by Gasteiger charge is 2.27. The summed E-state index contributed by atoms with van der Waals surface area (Å²) in [5.41, 5.74) is 0.431. The first kappa shape index (κ1) is 27.0. The minimum atomic E-state index is -3.16. The van der Waals surface area contributed by atoms with Gasteiger partial charge in [-0.25, -0.2) is 21.5 Å². The third kappa shape index (κ3) is 7.92. The van der Waals surface area contributed by atoms with E-state index in [2.05, 4.69) is 15.6 Å². The Morgan fingerprint density at radius 3 is 2.50 bits per heavy atom. The second kappa shape index (κ2) is 12.7. The number of halogens is 3. The number of aliphatic imine (C=N–C) groups is 1. The minimum absolute atomic E-state index is 0. The van der Waals surface area contributed by atoms with Crippen LogP contribution in [-0.2, 0) is 10.0 Å². The van der Waals surface area contributed by atoms with Crippen molar-refractivity contribution in [3.8, 4) is 0 Å². The maximum atomic E-state index is 14.0. The van der Waals surface area contributed by atoms with Crippen molar-refractivity contribution in [1.29, 1.82) is 0 Å². The molecule has 0 aliphatic carbocycles. The summed E-state index contributed by atoms with van der Waals surface area (Å²) in [5, 5.41) is 6.53. The van der Waals surface area contributed by atoms with Gasteiger partial charge in [0.05, 0.1) is 5.75 Å². The maximum absolute atomic E-state index is 14.0. The molecule has 0 radical (unpaired) electrons. The Labute approximate surface area is 196 Å². The topological polar surface area (TPSA) is 73.8 Å². The Morgan fingerprint density at radius 2 is 1.93 bits per heavy atom. The van der Waals surface area contributed by atoms with Gasteiger partial charge >= 0.3 is 0 Å². The first-order valence-electron chi connectivity index (χ1n) is 10.2. The SMILES string of the molecule is CCCS(=O)(=O)N1CCC(NC(=NCC(C)c2ccc(F)cc2F)NCC)CC1.I. The van der Waals surface area contributed by atoms with Crippen molar-refractivity contribution in [3.63, 3.8) is 0 Å². The second-order valence-corrected chi connectivity index (χ2v) is 9.51. The Morgan fingerprint density at radius 1 is 1.27 bits per heavy atom. The Bertz CT molecular complexity index is 800. The highest BCUT2D eigenvalue weighted by atomic mass is 127. The number of sulfonamides is 1. The van der Waals surface area contributed by atoms with E-state index in [0.717, 1.165) is 6.07 Å². The zero-order valence-corrected chi connectivity index (χ0v) is 21.0. The monoisotopic (exact) mass is 558 g/mol. The summed E-state index contributed by atoms with van der Waals surface area (Å²) >= 11 is 0. The van der Waals surface area contributed by atoms with Crippen molar-refractivity contribution in [2.45, 2.75) is 52.0 Å². The van der Waals surface area contributed by atoms with E-state index in [-0.39, 0.29) is 41.7 Å². The van der Waals surface area contributed by atoms with Gasteiger partial charge in [0.15, 0.2) is 5.96 Å². The van der Waals surface area contributed by atoms with E-state index in [4.69, 9.17) is 0 Å². The molecule has 1 aliphatic rings. The fourth-order valence-corrected chi connectivity index (χ4v) is 4.95. The van der Waals surface area contributed by atoms with Crippen LogP contribution in [0.15, 0.2) is 23.2 Å². The van der Waals surface area contributed by atoms with E-state index in [1.165, 1.54) is 12.1 Å². The number of hydrogen-bond donors (Lipinski definition) is 2. The molecule has 1 unspecified atom stereocenters. The van der Waals surface area contributed by atoms with Gasteiger partial charge < -0.3 is 10.6 Å². The van der Waals surface area contributed by atoms with Crippen LogP contribution in [0.1, 0.15) is 51.5 Å². The van der Waals surface area contributed by atoms with Crippen LogP contribution < -0.4 is 10.6 Å². The van der Waals surface area contributed by atoms with Crippen LogP contribution in [0.4, 0.5) is 8.78 Å². The fraction of sp³-hybridized carbons (Fsp3) is 0.650. The summed E-state index contributed by atoms with van der Waals surface area (Å²) in [7, 11) is -3.16. The summed E-state index contributed by atoms with van der Waals surface area (Å²) in [4.78, 5) is 4.55. The Kier molecular flexibility index (Phi) is 11.5. The lowest BCUT2D eigenvalue weighted by Gasteiger charge is -2.32. The van der Waals surface area contributed by atoms with Crippen molar-refractivity contribution >= 4 is 40.0 Å². The summed E-state index contributed by atoms with van der Waals surface area (Å²) in [6.45, 7) is 7.69. The summed E-state index contributed by atoms with van der Waals surface area (Å²) in [5.74, 6) is -0.549. The Hall–Kier alpha value is -1.01. The zero-order chi connectivity index (χ0) is 21.4. The molecule has 30 heavy (non-hydrogen) atoms. The van der Waals surface area contributed by atoms with Gasteiger partial charge in [-0.05, 0) is 37.8 Å². The number of benzene rings is 1. The van der Waals surface area contributed by atoms with Gasteiger partial charge in [-0.2, -0.15) is 0 Å². The molecule has 1 heterocycles. The highest BCUT2D eigenvalue weighted by molar-refractivity contribution is 14.0. The third-order valence-electron chi connectivity index (χ3n) is 5.01. The summed E-state index contributed by atoms with van der Waals surface area (Å²) in [6.07, 6.45) is 2.02. The number of nitrogens with zero attached hydrogens (tertiary/aromatic N) is 2. The number of nitrogens with one attached hydrogen (secondary N) is 2. The quantitative estimate of drug-likeness (QED) is 0.292. The van der Waals surface area contributed by atoms with Crippen LogP contribution in [-0.4, -0.2) is 56.7 Å². The molecule has 0 aromatic heterocycles. The van der Waals surface area contributed by atoms with Gasteiger partial charge in [-0.1, -0.05) is 19.9 Å². The molecule has 1 aliphatic heterocycles. The Balaban J connectivity index is 0.00000450. The van der Waals surface area contributed by atoms with E-state index in [1.54, 1.807) is 4.31 Å². The molecule has 6 nitrogen and oxygen atoms in total. The van der Waals surface area contributed by atoms with E-state index >= 15 is 0 Å². The van der Waals surface area contributed by atoms with Crippen molar-refractivity contribution in [3.05, 3.63) is 35.4 Å².